The van der Waals surface area contributed by atoms with Crippen LogP contribution in [0.1, 0.15) is 46.3 Å². The normalized spacial score (nSPS) is 18.2. The van der Waals surface area contributed by atoms with Crippen molar-refractivity contribution in [3.8, 4) is 6.07 Å². The number of alkyl halides is 3. The second-order valence-electron chi connectivity index (χ2n) is 9.26. The number of carbonyl (C=O) groups is 2. The number of ether oxygens (including phenoxy) is 2. The van der Waals surface area contributed by atoms with Crippen LogP contribution in [0.2, 0.25) is 0 Å². The van der Waals surface area contributed by atoms with E-state index >= 15 is 0 Å². The topological polar surface area (TPSA) is 113 Å². The summed E-state index contributed by atoms with van der Waals surface area (Å²) in [5.41, 5.74) is 3.10. The monoisotopic (exact) mass is 519 g/mol. The SMILES string of the molecule is Cc1cncc(COCCC2CCOC3(C2)CN(C(=O)c2cccc(C#N)c2)C3)c1.O=C(O)C(F)(F)F. The molecule has 8 nitrogen and oxygen atoms in total. The van der Waals surface area contributed by atoms with E-state index in [0.29, 0.717) is 36.7 Å². The zero-order valence-electron chi connectivity index (χ0n) is 20.3. The van der Waals surface area contributed by atoms with Crippen LogP contribution < -0.4 is 0 Å². The highest BCUT2D eigenvalue weighted by Crippen LogP contribution is 2.38. The van der Waals surface area contributed by atoms with Gasteiger partial charge in [0.25, 0.3) is 5.91 Å². The molecule has 4 rings (SSSR count). The quantitative estimate of drug-likeness (QED) is 0.571. The number of rotatable bonds is 6. The Labute approximate surface area is 212 Å². The maximum Gasteiger partial charge on any atom is 0.490 e. The maximum atomic E-state index is 12.7. The number of carbonyl (C=O) groups excluding carboxylic acids is 1. The summed E-state index contributed by atoms with van der Waals surface area (Å²) in [7, 11) is 0. The number of aromatic nitrogens is 1. The first kappa shape index (κ1) is 28.1. The minimum atomic E-state index is -5.08. The van der Waals surface area contributed by atoms with Crippen molar-refractivity contribution in [2.45, 2.75) is 44.6 Å². The van der Waals surface area contributed by atoms with Crippen molar-refractivity contribution in [1.29, 1.82) is 5.26 Å². The molecule has 2 fully saturated rings. The highest BCUT2D eigenvalue weighted by Gasteiger charge is 2.49. The molecule has 198 valence electrons. The summed E-state index contributed by atoms with van der Waals surface area (Å²) in [5, 5.41) is 16.2. The van der Waals surface area contributed by atoms with Crippen molar-refractivity contribution >= 4 is 11.9 Å². The number of aryl methyl sites for hydroxylation is 1. The average molecular weight is 520 g/mol. The predicted octanol–water partition coefficient (Wildman–Crippen LogP) is 4.12. The third-order valence-electron chi connectivity index (χ3n) is 6.19. The molecule has 2 aromatic rings. The minimum Gasteiger partial charge on any atom is -0.475 e. The summed E-state index contributed by atoms with van der Waals surface area (Å²) >= 11 is 0. The smallest absolute Gasteiger partial charge is 0.475 e. The van der Waals surface area contributed by atoms with Crippen LogP contribution in [0.4, 0.5) is 13.2 Å². The van der Waals surface area contributed by atoms with Crippen LogP contribution in [0, 0.1) is 24.2 Å². The van der Waals surface area contributed by atoms with Crippen LogP contribution in [0.15, 0.2) is 42.7 Å². The maximum absolute atomic E-state index is 12.7. The summed E-state index contributed by atoms with van der Waals surface area (Å²) in [4.78, 5) is 27.6. The van der Waals surface area contributed by atoms with Crippen molar-refractivity contribution in [2.75, 3.05) is 26.3 Å². The molecule has 0 bridgehead atoms. The van der Waals surface area contributed by atoms with Crippen molar-refractivity contribution in [3.63, 3.8) is 0 Å². The number of hydrogen-bond donors (Lipinski definition) is 1. The third-order valence-corrected chi connectivity index (χ3v) is 6.19. The summed E-state index contributed by atoms with van der Waals surface area (Å²) < 4.78 is 43.7. The van der Waals surface area contributed by atoms with Gasteiger partial charge in [0, 0.05) is 31.2 Å². The second-order valence-corrected chi connectivity index (χ2v) is 9.26. The van der Waals surface area contributed by atoms with Gasteiger partial charge in [0.2, 0.25) is 0 Å². The molecule has 0 radical (unpaired) electrons. The van der Waals surface area contributed by atoms with Gasteiger partial charge in [-0.3, -0.25) is 9.78 Å². The van der Waals surface area contributed by atoms with E-state index in [2.05, 4.69) is 17.1 Å². The lowest BCUT2D eigenvalue weighted by Gasteiger charge is -2.53. The van der Waals surface area contributed by atoms with Crippen LogP contribution in [-0.4, -0.2) is 64.9 Å². The molecule has 1 aromatic carbocycles. The fourth-order valence-electron chi connectivity index (χ4n) is 4.43. The standard InChI is InChI=1S/C24H27N3O3.C2HF3O2/c1-18-9-21(14-26-13-18)15-29-7-5-19-6-8-30-24(11-19)16-27(17-24)23(28)22-4-2-3-20(10-22)12-25;3-2(4,5)1(6)7/h2-4,9-10,13-14,19H,5-8,11,15-17H2,1H3;(H,6,7). The molecule has 1 N–H and O–H groups in total. The molecule has 1 atom stereocenters. The van der Waals surface area contributed by atoms with Gasteiger partial charge in [0.15, 0.2) is 0 Å². The molecule has 11 heteroatoms. The number of carboxylic acids is 1. The number of nitriles is 1. The molecule has 2 aliphatic heterocycles. The van der Waals surface area contributed by atoms with Gasteiger partial charge in [0.1, 0.15) is 5.60 Å². The van der Waals surface area contributed by atoms with Crippen molar-refractivity contribution in [3.05, 3.63) is 65.0 Å². The van der Waals surface area contributed by atoms with Crippen LogP contribution >= 0.6 is 0 Å². The lowest BCUT2D eigenvalue weighted by molar-refractivity contribution is -0.192. The highest BCUT2D eigenvalue weighted by molar-refractivity contribution is 5.95. The van der Waals surface area contributed by atoms with E-state index in [9.17, 15) is 18.0 Å². The summed E-state index contributed by atoms with van der Waals surface area (Å²) in [6.45, 7) is 5.32. The molecule has 1 amide bonds. The van der Waals surface area contributed by atoms with Gasteiger partial charge in [-0.1, -0.05) is 12.1 Å². The average Bonchev–Trinajstić information content (AvgIpc) is 2.85. The van der Waals surface area contributed by atoms with Gasteiger partial charge in [0.05, 0.1) is 31.3 Å². The van der Waals surface area contributed by atoms with Crippen molar-refractivity contribution in [2.24, 2.45) is 5.92 Å². The van der Waals surface area contributed by atoms with Crippen LogP contribution in [0.3, 0.4) is 0 Å². The van der Waals surface area contributed by atoms with E-state index in [1.165, 1.54) is 0 Å². The van der Waals surface area contributed by atoms with Crippen molar-refractivity contribution < 1.29 is 37.3 Å². The predicted molar refractivity (Wildman–Crippen MR) is 125 cm³/mol. The zero-order valence-corrected chi connectivity index (χ0v) is 20.3. The van der Waals surface area contributed by atoms with Gasteiger partial charge < -0.3 is 19.5 Å². The van der Waals surface area contributed by atoms with Crippen molar-refractivity contribution in [1.82, 2.24) is 9.88 Å². The molecule has 2 saturated heterocycles. The molecule has 0 saturated carbocycles. The Morgan fingerprint density at radius 3 is 2.68 bits per heavy atom. The third kappa shape index (κ3) is 8.00. The van der Waals surface area contributed by atoms with Crippen LogP contribution in [0.5, 0.6) is 0 Å². The Balaban J connectivity index is 0.000000479. The molecule has 0 aliphatic carbocycles. The van der Waals surface area contributed by atoms with Gasteiger partial charge in [-0.15, -0.1) is 0 Å². The van der Waals surface area contributed by atoms with E-state index < -0.39 is 12.1 Å². The summed E-state index contributed by atoms with van der Waals surface area (Å²) in [6, 6.07) is 11.1. The lowest BCUT2D eigenvalue weighted by Crippen LogP contribution is -2.66. The first-order valence-electron chi connectivity index (χ1n) is 11.7. The second kappa shape index (κ2) is 12.2. The largest absolute Gasteiger partial charge is 0.490 e. The molecule has 1 unspecified atom stereocenters. The van der Waals surface area contributed by atoms with E-state index in [1.54, 1.807) is 24.3 Å². The lowest BCUT2D eigenvalue weighted by atomic mass is 9.79. The van der Waals surface area contributed by atoms with Crippen LogP contribution in [-0.2, 0) is 20.9 Å². The number of hydrogen-bond acceptors (Lipinski definition) is 6. The van der Waals surface area contributed by atoms with Crippen LogP contribution in [0.25, 0.3) is 0 Å². The first-order valence-corrected chi connectivity index (χ1v) is 11.7. The minimum absolute atomic E-state index is 0.0291. The molecule has 3 heterocycles. The molecular weight excluding hydrogens is 491 g/mol. The molecule has 2 aliphatic rings. The Morgan fingerprint density at radius 1 is 1.30 bits per heavy atom. The Hall–Kier alpha value is -3.49. The van der Waals surface area contributed by atoms with E-state index in [4.69, 9.17) is 24.6 Å². The van der Waals surface area contributed by atoms with Gasteiger partial charge >= 0.3 is 12.1 Å². The Kier molecular flexibility index (Phi) is 9.23. The van der Waals surface area contributed by atoms with E-state index in [0.717, 1.165) is 43.6 Å². The van der Waals surface area contributed by atoms with E-state index in [1.807, 2.05) is 24.2 Å². The molecular formula is C26H28F3N3O5. The molecule has 1 spiro atoms. The number of benzene rings is 1. The van der Waals surface area contributed by atoms with E-state index in [-0.39, 0.29) is 11.5 Å². The number of nitrogens with zero attached hydrogens (tertiary/aromatic N) is 3. The number of halogens is 3. The van der Waals surface area contributed by atoms with Gasteiger partial charge in [-0.25, -0.2) is 4.79 Å². The molecule has 37 heavy (non-hydrogen) atoms. The number of pyridine rings is 1. The number of carboxylic acid groups (broad SMARTS) is 1. The zero-order chi connectivity index (χ0) is 27.1. The summed E-state index contributed by atoms with van der Waals surface area (Å²) in [6.07, 6.45) is 1.61. The molecule has 1 aromatic heterocycles. The first-order chi connectivity index (χ1) is 17.5. The van der Waals surface area contributed by atoms with Gasteiger partial charge in [-0.2, -0.15) is 18.4 Å². The fraction of sp³-hybridized carbons (Fsp3) is 0.462. The summed E-state index contributed by atoms with van der Waals surface area (Å²) in [5.74, 6) is -2.24. The Morgan fingerprint density at radius 2 is 2.03 bits per heavy atom. The Bertz CT molecular complexity index is 1140. The highest BCUT2D eigenvalue weighted by atomic mass is 19.4. The number of likely N-dealkylation sites (tertiary alicyclic amines) is 1. The fourth-order valence-corrected chi connectivity index (χ4v) is 4.43. The van der Waals surface area contributed by atoms with Gasteiger partial charge in [-0.05, 0) is 61.4 Å². The number of amides is 1. The number of aliphatic carboxylic acids is 1.